The molecular formula is C43H73O30P3S. The van der Waals surface area contributed by atoms with Crippen LogP contribution in [0, 0.1) is 5.92 Å². The van der Waals surface area contributed by atoms with Gasteiger partial charge in [0, 0.05) is 46.0 Å². The third-order valence-electron chi connectivity index (χ3n) is 6.82. The van der Waals surface area contributed by atoms with Crippen LogP contribution >= 0.6 is 23.5 Å². The summed E-state index contributed by atoms with van der Waals surface area (Å²) in [7, 11) is -17.3. The average molecular weight is 1200 g/mol. The van der Waals surface area contributed by atoms with Crippen LogP contribution in [0.2, 0.25) is 0 Å². The molecule has 2 saturated heterocycles. The fourth-order valence-corrected chi connectivity index (χ4v) is 4.31. The first-order valence-corrected chi connectivity index (χ1v) is 27.6. The molecule has 0 saturated carbocycles. The minimum absolute atomic E-state index is 0.0473. The smallest absolute Gasteiger partial charge is 0.462 e. The molecule has 2 heterocycles. The maximum Gasteiger partial charge on any atom is 0.469 e. The molecule has 0 bridgehead atoms. The number of ether oxygens (including phenoxy) is 8. The van der Waals surface area contributed by atoms with Gasteiger partial charge in [0.25, 0.3) is 10.1 Å². The third kappa shape index (κ3) is 65.3. The number of epoxide rings is 1. The molecule has 0 radical (unpaired) electrons. The lowest BCUT2D eigenvalue weighted by Gasteiger charge is -2.13. The Balaban J connectivity index is -0.000000265. The highest BCUT2D eigenvalue weighted by Gasteiger charge is 2.24. The number of rotatable bonds is 25. The standard InChI is InChI=1S/C9H14O3.C7H13O6P.C7H10O3.2C6H11O6P.C6H10O3.C2H4O3S/c1-7(2)9(10)12-6-8-3-4-11-5-8;1-5(2)7(8)12-4-6(3)13-14(9,10)11;1-5(2)7(8)10-4-6-3-9-6;2*1-5(2)6(7)11-3-4-12-13(8,9)10;1-5(2)6(8)9-4-3-7;1-2-6(3,4)5/h8H,1,3-6H2,2H3;6H,1,4H2,2-3H3,(H2,9,10,11);6H,1,3-4H2,2H3;2*1,3-4H2,2H3,(H2,8,9,10);7H,1,3-4H2,2H3;2H,1H2,(H,3,4,5). The first kappa shape index (κ1) is 81.0. The van der Waals surface area contributed by atoms with Crippen LogP contribution in [0.25, 0.3) is 0 Å². The number of carbonyl (C=O) groups is 6. The second-order valence-corrected chi connectivity index (χ2v) is 20.1. The van der Waals surface area contributed by atoms with Crippen LogP contribution < -0.4 is 0 Å². The molecule has 0 aromatic heterocycles. The summed E-state index contributed by atoms with van der Waals surface area (Å²) in [6.45, 7) is 35.3. The van der Waals surface area contributed by atoms with E-state index < -0.39 is 63.6 Å². The molecule has 77 heavy (non-hydrogen) atoms. The highest BCUT2D eigenvalue weighted by Crippen LogP contribution is 2.37. The first-order chi connectivity index (χ1) is 35.0. The van der Waals surface area contributed by atoms with E-state index in [1.54, 1.807) is 20.8 Å². The predicted octanol–water partition coefficient (Wildman–Crippen LogP) is 2.80. The quantitative estimate of drug-likeness (QED) is 0.0124. The van der Waals surface area contributed by atoms with Crippen LogP contribution in [0.4, 0.5) is 0 Å². The van der Waals surface area contributed by atoms with Gasteiger partial charge in [0.05, 0.1) is 45.0 Å². The van der Waals surface area contributed by atoms with Gasteiger partial charge in [0.1, 0.15) is 45.2 Å². The molecule has 2 aliphatic heterocycles. The zero-order chi connectivity index (χ0) is 61.3. The second-order valence-electron chi connectivity index (χ2n) is 15.0. The number of hydrogen-bond donors (Lipinski definition) is 8. The van der Waals surface area contributed by atoms with Gasteiger partial charge in [-0.15, -0.1) is 0 Å². The SMILES string of the molecule is C=C(C)C(=O)OCC(C)OP(=O)(O)O.C=C(C)C(=O)OCC1CCOC1.C=C(C)C(=O)OCC1CO1.C=C(C)C(=O)OCCO.C=C(C)C(=O)OCCOP(=O)(O)O.C=C(C)C(=O)OCCOP(=O)(O)O.C=CS(=O)(=O)O. The van der Waals surface area contributed by atoms with Crippen molar-refractivity contribution in [1.82, 2.24) is 0 Å². The van der Waals surface area contributed by atoms with Gasteiger partial charge in [-0.05, 0) is 54.9 Å². The molecule has 34 heteroatoms. The van der Waals surface area contributed by atoms with Crippen LogP contribution in [0.1, 0.15) is 54.9 Å². The van der Waals surface area contributed by atoms with Gasteiger partial charge < -0.3 is 72.4 Å². The van der Waals surface area contributed by atoms with Gasteiger partial charge in [-0.1, -0.05) is 46.1 Å². The summed E-state index contributed by atoms with van der Waals surface area (Å²) in [4.78, 5) is 114. The summed E-state index contributed by atoms with van der Waals surface area (Å²) in [6, 6.07) is 0. The molecule has 30 nitrogen and oxygen atoms in total. The number of aliphatic hydroxyl groups is 1. The molecule has 2 fully saturated rings. The van der Waals surface area contributed by atoms with Crippen molar-refractivity contribution >= 4 is 69.4 Å². The summed E-state index contributed by atoms with van der Waals surface area (Å²) in [6.07, 6.45) is 0.270. The highest BCUT2D eigenvalue weighted by atomic mass is 32.2. The number of carbonyl (C=O) groups excluding carboxylic acids is 6. The fraction of sp³-hybridized carbons (Fsp3) is 0.535. The highest BCUT2D eigenvalue weighted by molar-refractivity contribution is 7.88. The Labute approximate surface area is 446 Å². The number of esters is 6. The van der Waals surface area contributed by atoms with Crippen LogP contribution in [-0.4, -0.2) is 175 Å². The number of hydrogen-bond acceptors (Lipinski definition) is 23. The average Bonchev–Trinajstić information content (AvgIpc) is 3.98. The summed E-state index contributed by atoms with van der Waals surface area (Å²) < 4.78 is 107. The molecule has 2 aliphatic rings. The summed E-state index contributed by atoms with van der Waals surface area (Å²) in [5.41, 5.74) is 1.89. The van der Waals surface area contributed by atoms with E-state index in [-0.39, 0.29) is 81.0 Å². The maximum atomic E-state index is 10.9. The van der Waals surface area contributed by atoms with Gasteiger partial charge >= 0.3 is 59.3 Å². The van der Waals surface area contributed by atoms with Crippen molar-refractivity contribution in [3.05, 3.63) is 84.9 Å². The maximum absolute atomic E-state index is 10.9. The van der Waals surface area contributed by atoms with Crippen molar-refractivity contribution in [2.45, 2.75) is 67.1 Å². The molecule has 0 aromatic rings. The van der Waals surface area contributed by atoms with Crippen molar-refractivity contribution in [3.8, 4) is 0 Å². The van der Waals surface area contributed by atoms with Crippen LogP contribution in [0.5, 0.6) is 0 Å². The zero-order valence-corrected chi connectivity index (χ0v) is 47.3. The van der Waals surface area contributed by atoms with Crippen molar-refractivity contribution in [3.63, 3.8) is 0 Å². The monoisotopic (exact) mass is 1190 g/mol. The second kappa shape index (κ2) is 44.0. The molecular weight excluding hydrogens is 1120 g/mol. The Bertz CT molecular complexity index is 2130. The molecule has 0 aliphatic carbocycles. The molecule has 0 amide bonds. The van der Waals surface area contributed by atoms with Crippen molar-refractivity contribution in [1.29, 1.82) is 0 Å². The molecule has 3 unspecified atom stereocenters. The van der Waals surface area contributed by atoms with E-state index >= 15 is 0 Å². The Hall–Kier alpha value is -4.88. The molecule has 0 spiro atoms. The molecule has 2 rings (SSSR count). The number of phosphoric acid groups is 3. The lowest BCUT2D eigenvalue weighted by Crippen LogP contribution is -2.18. The minimum Gasteiger partial charge on any atom is -0.462 e. The molecule has 3 atom stereocenters. The molecule has 0 aromatic carbocycles. The molecule has 446 valence electrons. The minimum atomic E-state index is -4.52. The topological polar surface area (TPSA) is 454 Å². The Kier molecular flexibility index (Phi) is 46.3. The van der Waals surface area contributed by atoms with Gasteiger partial charge in [-0.2, -0.15) is 8.42 Å². The third-order valence-corrected chi connectivity index (χ3v) is 8.91. The van der Waals surface area contributed by atoms with E-state index in [0.717, 1.165) is 13.0 Å². The van der Waals surface area contributed by atoms with Crippen LogP contribution in [-0.2, 0) is 104 Å². The fourth-order valence-electron chi connectivity index (χ4n) is 3.16. The largest absolute Gasteiger partial charge is 0.469 e. The van der Waals surface area contributed by atoms with E-state index in [2.05, 4.69) is 78.6 Å². The van der Waals surface area contributed by atoms with Crippen LogP contribution in [0.15, 0.2) is 84.9 Å². The van der Waals surface area contributed by atoms with Crippen molar-refractivity contribution < 1.29 is 141 Å². The van der Waals surface area contributed by atoms with E-state index in [0.29, 0.717) is 54.5 Å². The Morgan fingerprint density at radius 2 is 0.896 bits per heavy atom. The summed E-state index contributed by atoms with van der Waals surface area (Å²) in [5, 5.41) is 8.66. The van der Waals surface area contributed by atoms with Crippen LogP contribution in [0.3, 0.4) is 0 Å². The van der Waals surface area contributed by atoms with Crippen molar-refractivity contribution in [2.75, 3.05) is 79.3 Å². The van der Waals surface area contributed by atoms with Crippen molar-refractivity contribution in [2.24, 2.45) is 5.92 Å². The zero-order valence-electron chi connectivity index (χ0n) is 43.8. The van der Waals surface area contributed by atoms with Gasteiger partial charge in [-0.25, -0.2) is 42.5 Å². The summed E-state index contributed by atoms with van der Waals surface area (Å²) in [5.74, 6) is -2.57. The lowest BCUT2D eigenvalue weighted by atomic mass is 10.1. The summed E-state index contributed by atoms with van der Waals surface area (Å²) >= 11 is 0. The van der Waals surface area contributed by atoms with Gasteiger partial charge in [-0.3, -0.25) is 18.1 Å². The Morgan fingerprint density at radius 1 is 0.571 bits per heavy atom. The van der Waals surface area contributed by atoms with Gasteiger partial charge in [0.15, 0.2) is 0 Å². The van der Waals surface area contributed by atoms with E-state index in [1.165, 1.54) is 27.7 Å². The first-order valence-electron chi connectivity index (χ1n) is 21.5. The predicted molar refractivity (Wildman–Crippen MR) is 271 cm³/mol. The lowest BCUT2D eigenvalue weighted by molar-refractivity contribution is -0.141. The van der Waals surface area contributed by atoms with E-state index in [9.17, 15) is 50.9 Å². The normalized spacial score (nSPS) is 14.3. The number of phosphoric ester groups is 3. The van der Waals surface area contributed by atoms with Gasteiger partial charge in [0.2, 0.25) is 0 Å². The Morgan fingerprint density at radius 3 is 1.17 bits per heavy atom. The van der Waals surface area contributed by atoms with E-state index in [1.807, 2.05) is 0 Å². The number of aliphatic hydroxyl groups excluding tert-OH is 1. The van der Waals surface area contributed by atoms with E-state index in [4.69, 9.17) is 58.0 Å². The molecule has 8 N–H and O–H groups in total.